The maximum atomic E-state index is 11.8. The number of benzene rings is 1. The summed E-state index contributed by atoms with van der Waals surface area (Å²) < 4.78 is 5.21. The molecule has 1 aromatic rings. The van der Waals surface area contributed by atoms with Gasteiger partial charge < -0.3 is 15.4 Å². The molecule has 1 aromatic carbocycles. The van der Waals surface area contributed by atoms with Gasteiger partial charge in [-0.15, -0.1) is 0 Å². The Morgan fingerprint density at radius 3 is 2.69 bits per heavy atom. The fraction of sp³-hybridized carbons (Fsp3) is 0.417. The first kappa shape index (κ1) is 11.0. The van der Waals surface area contributed by atoms with E-state index in [0.717, 1.165) is 18.7 Å². The van der Waals surface area contributed by atoms with E-state index in [-0.39, 0.29) is 11.9 Å². The van der Waals surface area contributed by atoms with Crippen LogP contribution in [-0.2, 0) is 4.74 Å². The van der Waals surface area contributed by atoms with E-state index in [1.165, 1.54) is 0 Å². The van der Waals surface area contributed by atoms with Crippen molar-refractivity contribution in [2.75, 3.05) is 25.6 Å². The topological polar surface area (TPSA) is 50.4 Å². The molecule has 1 unspecified atom stereocenters. The summed E-state index contributed by atoms with van der Waals surface area (Å²) in [6.45, 7) is 1.37. The lowest BCUT2D eigenvalue weighted by Crippen LogP contribution is -2.34. The average Bonchev–Trinajstić information content (AvgIpc) is 2.82. The van der Waals surface area contributed by atoms with Crippen LogP contribution >= 0.6 is 0 Å². The number of carbonyl (C=O) groups is 1. The van der Waals surface area contributed by atoms with E-state index in [0.29, 0.717) is 12.2 Å². The summed E-state index contributed by atoms with van der Waals surface area (Å²) >= 11 is 0. The van der Waals surface area contributed by atoms with Crippen molar-refractivity contribution in [2.45, 2.75) is 12.5 Å². The molecule has 0 aliphatic carbocycles. The Bertz CT molecular complexity index is 356. The molecule has 4 nitrogen and oxygen atoms in total. The molecule has 86 valence electrons. The summed E-state index contributed by atoms with van der Waals surface area (Å²) in [6, 6.07) is 7.57. The zero-order chi connectivity index (χ0) is 11.4. The number of rotatable bonds is 3. The number of hydrogen-bond donors (Lipinski definition) is 2. The van der Waals surface area contributed by atoms with E-state index >= 15 is 0 Å². The summed E-state index contributed by atoms with van der Waals surface area (Å²) in [4.78, 5) is 11.8. The predicted octanol–water partition coefficient (Wildman–Crippen LogP) is 1.25. The fourth-order valence-corrected chi connectivity index (χ4v) is 1.71. The number of carbonyl (C=O) groups excluding carboxylic acids is 1. The van der Waals surface area contributed by atoms with Gasteiger partial charge in [0.05, 0.1) is 12.6 Å². The Morgan fingerprint density at radius 2 is 2.12 bits per heavy atom. The summed E-state index contributed by atoms with van der Waals surface area (Å²) in [5.41, 5.74) is 1.69. The molecule has 2 rings (SSSR count). The number of ether oxygens (including phenoxy) is 1. The summed E-state index contributed by atoms with van der Waals surface area (Å²) in [5, 5.41) is 5.96. The molecule has 0 saturated carbocycles. The van der Waals surface area contributed by atoms with E-state index in [1.54, 1.807) is 0 Å². The third-order valence-corrected chi connectivity index (χ3v) is 2.70. The van der Waals surface area contributed by atoms with Gasteiger partial charge in [-0.3, -0.25) is 4.79 Å². The second-order valence-corrected chi connectivity index (χ2v) is 3.86. The maximum absolute atomic E-state index is 11.8. The monoisotopic (exact) mass is 220 g/mol. The molecule has 0 radical (unpaired) electrons. The number of hydrogen-bond acceptors (Lipinski definition) is 3. The highest BCUT2D eigenvalue weighted by molar-refractivity contribution is 5.94. The summed E-state index contributed by atoms with van der Waals surface area (Å²) in [7, 11) is 1.85. The average molecular weight is 220 g/mol. The van der Waals surface area contributed by atoms with E-state index in [2.05, 4.69) is 10.6 Å². The standard InChI is InChI=1S/C12H16N2O2/c1-13-10-4-2-9(3-5-10)12(15)14-11-6-7-16-8-11/h2-5,11,13H,6-8H2,1H3,(H,14,15). The van der Waals surface area contributed by atoms with Crippen LogP contribution in [0.4, 0.5) is 5.69 Å². The van der Waals surface area contributed by atoms with E-state index in [9.17, 15) is 4.79 Å². The van der Waals surface area contributed by atoms with Gasteiger partial charge in [0.25, 0.3) is 5.91 Å². The van der Waals surface area contributed by atoms with Crippen LogP contribution in [0.25, 0.3) is 0 Å². The molecule has 1 amide bonds. The normalized spacial score (nSPS) is 19.4. The van der Waals surface area contributed by atoms with E-state index in [1.807, 2.05) is 31.3 Å². The van der Waals surface area contributed by atoms with Crippen molar-refractivity contribution in [3.05, 3.63) is 29.8 Å². The van der Waals surface area contributed by atoms with Crippen LogP contribution in [0.3, 0.4) is 0 Å². The highest BCUT2D eigenvalue weighted by Gasteiger charge is 2.18. The van der Waals surface area contributed by atoms with E-state index < -0.39 is 0 Å². The van der Waals surface area contributed by atoms with Crippen LogP contribution in [0, 0.1) is 0 Å². The molecule has 1 aliphatic heterocycles. The fourth-order valence-electron chi connectivity index (χ4n) is 1.71. The molecule has 0 aromatic heterocycles. The highest BCUT2D eigenvalue weighted by atomic mass is 16.5. The van der Waals surface area contributed by atoms with Gasteiger partial charge in [-0.25, -0.2) is 0 Å². The minimum atomic E-state index is -0.0295. The molecule has 0 bridgehead atoms. The predicted molar refractivity (Wildman–Crippen MR) is 62.7 cm³/mol. The first-order valence-electron chi connectivity index (χ1n) is 5.46. The van der Waals surface area contributed by atoms with Crippen LogP contribution in [0.1, 0.15) is 16.8 Å². The maximum Gasteiger partial charge on any atom is 0.251 e. The first-order valence-corrected chi connectivity index (χ1v) is 5.46. The van der Waals surface area contributed by atoms with Crippen molar-refractivity contribution in [1.29, 1.82) is 0 Å². The molecule has 1 heterocycles. The van der Waals surface area contributed by atoms with Crippen LogP contribution in [0.5, 0.6) is 0 Å². The highest BCUT2D eigenvalue weighted by Crippen LogP contribution is 2.10. The van der Waals surface area contributed by atoms with Crippen molar-refractivity contribution in [3.8, 4) is 0 Å². The molecule has 1 atom stereocenters. The number of anilines is 1. The minimum absolute atomic E-state index is 0.0295. The molecule has 2 N–H and O–H groups in total. The molecule has 1 fully saturated rings. The van der Waals surface area contributed by atoms with E-state index in [4.69, 9.17) is 4.74 Å². The molecule has 1 saturated heterocycles. The molecular weight excluding hydrogens is 204 g/mol. The SMILES string of the molecule is CNc1ccc(C(=O)NC2CCOC2)cc1. The van der Waals surface area contributed by atoms with Crippen LogP contribution < -0.4 is 10.6 Å². The Hall–Kier alpha value is -1.55. The molecule has 4 heteroatoms. The third kappa shape index (κ3) is 2.52. The second kappa shape index (κ2) is 4.99. The Kier molecular flexibility index (Phi) is 3.41. The molecule has 0 spiro atoms. The van der Waals surface area contributed by atoms with Gasteiger partial charge in [-0.2, -0.15) is 0 Å². The minimum Gasteiger partial charge on any atom is -0.388 e. The third-order valence-electron chi connectivity index (χ3n) is 2.70. The quantitative estimate of drug-likeness (QED) is 0.806. The van der Waals surface area contributed by atoms with Gasteiger partial charge >= 0.3 is 0 Å². The van der Waals surface area contributed by atoms with Crippen molar-refractivity contribution in [2.24, 2.45) is 0 Å². The van der Waals surface area contributed by atoms with Crippen molar-refractivity contribution < 1.29 is 9.53 Å². The van der Waals surface area contributed by atoms with Crippen molar-refractivity contribution in [3.63, 3.8) is 0 Å². The van der Waals surface area contributed by atoms with Crippen LogP contribution in [0.2, 0.25) is 0 Å². The molecule has 1 aliphatic rings. The molecule has 16 heavy (non-hydrogen) atoms. The number of amides is 1. The summed E-state index contributed by atoms with van der Waals surface area (Å²) in [6.07, 6.45) is 0.903. The largest absolute Gasteiger partial charge is 0.388 e. The molecular formula is C12H16N2O2. The Labute approximate surface area is 95.0 Å². The second-order valence-electron chi connectivity index (χ2n) is 3.86. The van der Waals surface area contributed by atoms with Crippen molar-refractivity contribution in [1.82, 2.24) is 5.32 Å². The van der Waals surface area contributed by atoms with Gasteiger partial charge in [0, 0.05) is 24.9 Å². The van der Waals surface area contributed by atoms with Gasteiger partial charge in [0.2, 0.25) is 0 Å². The van der Waals surface area contributed by atoms with Gasteiger partial charge in [-0.1, -0.05) is 0 Å². The lowest BCUT2D eigenvalue weighted by molar-refractivity contribution is 0.0930. The zero-order valence-corrected chi connectivity index (χ0v) is 9.32. The van der Waals surface area contributed by atoms with Gasteiger partial charge in [-0.05, 0) is 30.7 Å². The van der Waals surface area contributed by atoms with Crippen LogP contribution in [0.15, 0.2) is 24.3 Å². The smallest absolute Gasteiger partial charge is 0.251 e. The van der Waals surface area contributed by atoms with Gasteiger partial charge in [0.1, 0.15) is 0 Å². The Balaban J connectivity index is 1.97. The summed E-state index contributed by atoms with van der Waals surface area (Å²) in [5.74, 6) is -0.0295. The zero-order valence-electron chi connectivity index (χ0n) is 9.32. The number of nitrogens with one attached hydrogen (secondary N) is 2. The lowest BCUT2D eigenvalue weighted by Gasteiger charge is -2.10. The Morgan fingerprint density at radius 1 is 1.38 bits per heavy atom. The first-order chi connectivity index (χ1) is 7.79. The lowest BCUT2D eigenvalue weighted by atomic mass is 10.1. The van der Waals surface area contributed by atoms with Crippen molar-refractivity contribution >= 4 is 11.6 Å². The van der Waals surface area contributed by atoms with Crippen LogP contribution in [-0.4, -0.2) is 32.2 Å². The van der Waals surface area contributed by atoms with Gasteiger partial charge in [0.15, 0.2) is 0 Å².